The summed E-state index contributed by atoms with van der Waals surface area (Å²) in [7, 11) is 4.19. The lowest BCUT2D eigenvalue weighted by Gasteiger charge is -2.30. The van der Waals surface area contributed by atoms with Gasteiger partial charge in [0.2, 0.25) is 5.95 Å². The van der Waals surface area contributed by atoms with Gasteiger partial charge in [-0.1, -0.05) is 48.5 Å². The largest absolute Gasteiger partial charge is 0.362 e. The van der Waals surface area contributed by atoms with Gasteiger partial charge < -0.3 is 20.5 Å². The number of nitrogens with one attached hydrogen (secondary N) is 3. The number of aromatic nitrogens is 3. The van der Waals surface area contributed by atoms with Crippen LogP contribution in [0.4, 0.5) is 11.8 Å². The van der Waals surface area contributed by atoms with E-state index in [4.69, 9.17) is 9.97 Å². The molecule has 198 valence electrons. The second kappa shape index (κ2) is 11.2. The summed E-state index contributed by atoms with van der Waals surface area (Å²) in [6.07, 6.45) is 10.3. The average Bonchev–Trinajstić information content (AvgIpc) is 3.32. The van der Waals surface area contributed by atoms with Crippen molar-refractivity contribution in [2.45, 2.75) is 69.9 Å². The van der Waals surface area contributed by atoms with Gasteiger partial charge in [0, 0.05) is 48.3 Å². The summed E-state index contributed by atoms with van der Waals surface area (Å²) in [6.45, 7) is 0.991. The van der Waals surface area contributed by atoms with Crippen molar-refractivity contribution in [2.75, 3.05) is 30.9 Å². The van der Waals surface area contributed by atoms with Crippen molar-refractivity contribution in [3.63, 3.8) is 0 Å². The summed E-state index contributed by atoms with van der Waals surface area (Å²) >= 11 is 0. The lowest BCUT2D eigenvalue weighted by Crippen LogP contribution is -2.38. The monoisotopic (exact) mass is 508 g/mol. The Kier molecular flexibility index (Phi) is 7.32. The number of benzene rings is 2. The Morgan fingerprint density at radius 1 is 0.868 bits per heavy atom. The molecular formula is C32H40N6. The Morgan fingerprint density at radius 3 is 2.42 bits per heavy atom. The normalized spacial score (nSPS) is 19.3. The van der Waals surface area contributed by atoms with Crippen LogP contribution < -0.4 is 15.5 Å². The van der Waals surface area contributed by atoms with Crippen molar-refractivity contribution in [1.29, 1.82) is 0 Å². The standard InChI is InChI=1S/C32H40N6/c1-38(2)31-27-13-7-9-15-29(27)36-32(37-31)34-24-18-16-23(17-19-24)33-21-20-26-25-12-6-8-14-28(25)35-30(26)22-10-4-3-5-11-22/h3-6,8,10-12,14,23-24,33,35H,7,9,13,15-21H2,1-2H3,(H,34,36,37)/t23-,24+. The predicted octanol–water partition coefficient (Wildman–Crippen LogP) is 6.13. The Morgan fingerprint density at radius 2 is 1.61 bits per heavy atom. The number of aromatic amines is 1. The number of hydrogen-bond donors (Lipinski definition) is 3. The zero-order valence-electron chi connectivity index (χ0n) is 22.8. The van der Waals surface area contributed by atoms with Crippen LogP contribution in [0.15, 0.2) is 54.6 Å². The van der Waals surface area contributed by atoms with E-state index in [1.165, 1.54) is 64.7 Å². The topological polar surface area (TPSA) is 68.9 Å². The number of anilines is 2. The number of nitrogens with zero attached hydrogens (tertiary/aromatic N) is 3. The fraction of sp³-hybridized carbons (Fsp3) is 0.438. The molecule has 3 N–H and O–H groups in total. The molecule has 0 unspecified atom stereocenters. The maximum absolute atomic E-state index is 4.94. The van der Waals surface area contributed by atoms with E-state index >= 15 is 0 Å². The molecule has 2 aromatic heterocycles. The van der Waals surface area contributed by atoms with E-state index in [0.717, 1.165) is 50.4 Å². The van der Waals surface area contributed by atoms with Crippen molar-refractivity contribution in [1.82, 2.24) is 20.3 Å². The van der Waals surface area contributed by atoms with Gasteiger partial charge in [0.15, 0.2) is 0 Å². The molecule has 0 amide bonds. The van der Waals surface area contributed by atoms with Gasteiger partial charge in [-0.25, -0.2) is 4.98 Å². The molecule has 0 spiro atoms. The molecule has 2 aliphatic carbocycles. The molecule has 6 heteroatoms. The molecule has 0 bridgehead atoms. The van der Waals surface area contributed by atoms with Crippen LogP contribution in [0.25, 0.3) is 22.2 Å². The molecule has 2 aromatic carbocycles. The van der Waals surface area contributed by atoms with Crippen molar-refractivity contribution >= 4 is 22.7 Å². The second-order valence-electron chi connectivity index (χ2n) is 11.2. The van der Waals surface area contributed by atoms with Crippen molar-refractivity contribution in [3.8, 4) is 11.3 Å². The van der Waals surface area contributed by atoms with Gasteiger partial charge in [-0.3, -0.25) is 0 Å². The minimum Gasteiger partial charge on any atom is -0.362 e. The van der Waals surface area contributed by atoms with Crippen LogP contribution in [0.1, 0.15) is 55.3 Å². The van der Waals surface area contributed by atoms with Crippen LogP contribution in [0.5, 0.6) is 0 Å². The summed E-state index contributed by atoms with van der Waals surface area (Å²) in [6, 6.07) is 20.4. The lowest BCUT2D eigenvalue weighted by molar-refractivity contribution is 0.355. The summed E-state index contributed by atoms with van der Waals surface area (Å²) in [4.78, 5) is 15.7. The minimum atomic E-state index is 0.447. The summed E-state index contributed by atoms with van der Waals surface area (Å²) in [5.74, 6) is 1.92. The zero-order valence-corrected chi connectivity index (χ0v) is 22.8. The first-order chi connectivity index (χ1) is 18.7. The smallest absolute Gasteiger partial charge is 0.225 e. The molecule has 0 atom stereocenters. The molecule has 2 heterocycles. The van der Waals surface area contributed by atoms with Crippen LogP contribution in [-0.4, -0.2) is 47.7 Å². The van der Waals surface area contributed by atoms with Crippen LogP contribution in [-0.2, 0) is 19.3 Å². The average molecular weight is 509 g/mol. The Bertz CT molecular complexity index is 1370. The number of H-pyrrole nitrogens is 1. The molecule has 1 saturated carbocycles. The van der Waals surface area contributed by atoms with Gasteiger partial charge >= 0.3 is 0 Å². The summed E-state index contributed by atoms with van der Waals surface area (Å²) in [5.41, 5.74) is 7.74. The van der Waals surface area contributed by atoms with Crippen molar-refractivity contribution < 1.29 is 0 Å². The van der Waals surface area contributed by atoms with Crippen LogP contribution in [0, 0.1) is 0 Å². The molecule has 4 aromatic rings. The van der Waals surface area contributed by atoms with Gasteiger partial charge in [-0.15, -0.1) is 0 Å². The number of hydrogen-bond acceptors (Lipinski definition) is 5. The van der Waals surface area contributed by atoms with Gasteiger partial charge in [0.25, 0.3) is 0 Å². The zero-order chi connectivity index (χ0) is 25.9. The fourth-order valence-electron chi connectivity index (χ4n) is 6.35. The van der Waals surface area contributed by atoms with E-state index in [1.54, 1.807) is 0 Å². The summed E-state index contributed by atoms with van der Waals surface area (Å²) < 4.78 is 0. The highest BCUT2D eigenvalue weighted by molar-refractivity contribution is 5.90. The third kappa shape index (κ3) is 5.28. The summed E-state index contributed by atoms with van der Waals surface area (Å²) in [5, 5.41) is 8.90. The quantitative estimate of drug-likeness (QED) is 0.267. The molecular weight excluding hydrogens is 468 g/mol. The number of fused-ring (bicyclic) bond motifs is 2. The first-order valence-electron chi connectivity index (χ1n) is 14.4. The fourth-order valence-corrected chi connectivity index (χ4v) is 6.35. The number of rotatable bonds is 8. The third-order valence-electron chi connectivity index (χ3n) is 8.33. The SMILES string of the molecule is CN(C)c1nc(N[C@H]2CC[C@@H](NCCc3c(-c4ccccc4)[nH]c4ccccc34)CC2)nc2c1CCCC2. The van der Waals surface area contributed by atoms with E-state index in [9.17, 15) is 0 Å². The highest BCUT2D eigenvalue weighted by atomic mass is 15.2. The molecule has 2 aliphatic rings. The highest BCUT2D eigenvalue weighted by Crippen LogP contribution is 2.31. The molecule has 0 saturated heterocycles. The van der Waals surface area contributed by atoms with Gasteiger partial charge in [-0.2, -0.15) is 4.98 Å². The molecule has 38 heavy (non-hydrogen) atoms. The third-order valence-corrected chi connectivity index (χ3v) is 8.33. The van der Waals surface area contributed by atoms with Gasteiger partial charge in [0.05, 0.1) is 5.69 Å². The predicted molar refractivity (Wildman–Crippen MR) is 158 cm³/mol. The van der Waals surface area contributed by atoms with E-state index in [2.05, 4.69) is 89.2 Å². The lowest BCUT2D eigenvalue weighted by atomic mass is 9.91. The van der Waals surface area contributed by atoms with Crippen LogP contribution >= 0.6 is 0 Å². The second-order valence-corrected chi connectivity index (χ2v) is 11.2. The highest BCUT2D eigenvalue weighted by Gasteiger charge is 2.24. The molecule has 1 fully saturated rings. The molecule has 0 radical (unpaired) electrons. The van der Waals surface area contributed by atoms with E-state index in [-0.39, 0.29) is 0 Å². The van der Waals surface area contributed by atoms with Crippen molar-refractivity contribution in [3.05, 3.63) is 71.4 Å². The van der Waals surface area contributed by atoms with Crippen LogP contribution in [0.3, 0.4) is 0 Å². The van der Waals surface area contributed by atoms with Crippen LogP contribution in [0.2, 0.25) is 0 Å². The molecule has 6 rings (SSSR count). The Balaban J connectivity index is 1.06. The van der Waals surface area contributed by atoms with E-state index in [1.807, 2.05) is 0 Å². The maximum Gasteiger partial charge on any atom is 0.225 e. The first-order valence-corrected chi connectivity index (χ1v) is 14.4. The molecule has 6 nitrogen and oxygen atoms in total. The number of para-hydroxylation sites is 1. The van der Waals surface area contributed by atoms with E-state index < -0.39 is 0 Å². The van der Waals surface area contributed by atoms with Gasteiger partial charge in [0.1, 0.15) is 5.82 Å². The first kappa shape index (κ1) is 24.9. The van der Waals surface area contributed by atoms with Gasteiger partial charge in [-0.05, 0) is 81.5 Å². The van der Waals surface area contributed by atoms with E-state index in [0.29, 0.717) is 12.1 Å². The minimum absolute atomic E-state index is 0.447. The Labute approximate surface area is 226 Å². The van der Waals surface area contributed by atoms with Crippen molar-refractivity contribution in [2.24, 2.45) is 0 Å². The molecule has 0 aliphatic heterocycles. The Hall–Kier alpha value is -3.38. The maximum atomic E-state index is 4.94. The number of aryl methyl sites for hydroxylation is 1.